The molecule has 0 amide bonds. The highest BCUT2D eigenvalue weighted by Crippen LogP contribution is 2.14. The highest BCUT2D eigenvalue weighted by Gasteiger charge is 2.13. The van der Waals surface area contributed by atoms with Crippen molar-refractivity contribution in [3.8, 4) is 0 Å². The van der Waals surface area contributed by atoms with Gasteiger partial charge in [0, 0.05) is 13.1 Å². The molecule has 0 saturated carbocycles. The predicted octanol–water partition coefficient (Wildman–Crippen LogP) is 2.89. The van der Waals surface area contributed by atoms with Crippen molar-refractivity contribution < 1.29 is 0 Å². The van der Waals surface area contributed by atoms with Crippen LogP contribution in [0.3, 0.4) is 0 Å². The van der Waals surface area contributed by atoms with Crippen LogP contribution < -0.4 is 0 Å². The summed E-state index contributed by atoms with van der Waals surface area (Å²) in [6, 6.07) is 0.664. The van der Waals surface area contributed by atoms with Gasteiger partial charge < -0.3 is 4.90 Å². The fourth-order valence-electron chi connectivity index (χ4n) is 1.44. The first-order chi connectivity index (χ1) is 5.13. The zero-order chi connectivity index (χ0) is 8.85. The molecule has 0 aromatic rings. The van der Waals surface area contributed by atoms with E-state index in [9.17, 15) is 0 Å². The maximum Gasteiger partial charge on any atom is 0.0303 e. The molecule has 1 nitrogen and oxygen atoms in total. The predicted molar refractivity (Wildman–Crippen MR) is 51.5 cm³/mol. The van der Waals surface area contributed by atoms with Crippen LogP contribution in [0, 0.1) is 5.92 Å². The van der Waals surface area contributed by atoms with Crippen LogP contribution in [0.15, 0.2) is 12.8 Å². The zero-order valence-electron chi connectivity index (χ0n) is 8.30. The Bertz CT molecular complexity index is 107. The van der Waals surface area contributed by atoms with Gasteiger partial charge in [-0.2, -0.15) is 0 Å². The van der Waals surface area contributed by atoms with E-state index < -0.39 is 0 Å². The van der Waals surface area contributed by atoms with Crippen LogP contribution in [0.4, 0.5) is 0 Å². The second-order valence-corrected chi connectivity index (χ2v) is 3.45. The van der Waals surface area contributed by atoms with E-state index in [0.29, 0.717) is 6.04 Å². The molecule has 0 N–H and O–H groups in total. The van der Waals surface area contributed by atoms with Crippen LogP contribution in [0.25, 0.3) is 0 Å². The van der Waals surface area contributed by atoms with E-state index >= 15 is 0 Å². The third-order valence-electron chi connectivity index (χ3n) is 2.17. The third-order valence-corrected chi connectivity index (χ3v) is 2.17. The van der Waals surface area contributed by atoms with Gasteiger partial charge in [-0.15, -0.1) is 0 Å². The topological polar surface area (TPSA) is 3.24 Å². The smallest absolute Gasteiger partial charge is 0.0303 e. The Balaban J connectivity index is 3.97. The van der Waals surface area contributed by atoms with Gasteiger partial charge in [-0.25, -0.2) is 0 Å². The van der Waals surface area contributed by atoms with Crippen LogP contribution in [0.2, 0.25) is 0 Å². The molecule has 0 radical (unpaired) electrons. The molecule has 66 valence electrons. The standard InChI is InChI=1S/C10H21N/c1-6-8-10(9(3)4)11(5)7-2/h7,9-10H,2,6,8H2,1,3-5H3/t10-/m0/s1. The summed E-state index contributed by atoms with van der Waals surface area (Å²) < 4.78 is 0. The lowest BCUT2D eigenvalue weighted by molar-refractivity contribution is 0.243. The van der Waals surface area contributed by atoms with Gasteiger partial charge in [0.25, 0.3) is 0 Å². The fraction of sp³-hybridized carbons (Fsp3) is 0.800. The maximum absolute atomic E-state index is 3.77. The summed E-state index contributed by atoms with van der Waals surface area (Å²) in [4.78, 5) is 2.22. The number of hydrogen-bond donors (Lipinski definition) is 0. The Morgan fingerprint density at radius 3 is 2.27 bits per heavy atom. The molecule has 0 saturated heterocycles. The second-order valence-electron chi connectivity index (χ2n) is 3.45. The second kappa shape index (κ2) is 5.22. The van der Waals surface area contributed by atoms with E-state index in [2.05, 4.69) is 39.3 Å². The summed E-state index contributed by atoms with van der Waals surface area (Å²) in [5.74, 6) is 0.720. The van der Waals surface area contributed by atoms with Crippen molar-refractivity contribution >= 4 is 0 Å². The zero-order valence-corrected chi connectivity index (χ0v) is 8.30. The first kappa shape index (κ1) is 10.5. The minimum absolute atomic E-state index is 0.664. The van der Waals surface area contributed by atoms with Gasteiger partial charge in [0.05, 0.1) is 0 Å². The van der Waals surface area contributed by atoms with Crippen molar-refractivity contribution in [2.24, 2.45) is 5.92 Å². The van der Waals surface area contributed by atoms with Gasteiger partial charge >= 0.3 is 0 Å². The van der Waals surface area contributed by atoms with Crippen molar-refractivity contribution in [2.45, 2.75) is 39.7 Å². The Labute approximate surface area is 71.1 Å². The molecule has 1 heteroatoms. The summed E-state index contributed by atoms with van der Waals surface area (Å²) in [6.07, 6.45) is 4.43. The lowest BCUT2D eigenvalue weighted by Crippen LogP contribution is -2.31. The highest BCUT2D eigenvalue weighted by molar-refractivity contribution is 4.78. The molecule has 0 spiro atoms. The van der Waals surface area contributed by atoms with E-state index in [0.717, 1.165) is 5.92 Å². The van der Waals surface area contributed by atoms with Gasteiger partial charge in [-0.1, -0.05) is 33.8 Å². The summed E-state index contributed by atoms with van der Waals surface area (Å²) >= 11 is 0. The summed E-state index contributed by atoms with van der Waals surface area (Å²) in [6.45, 7) is 10.5. The van der Waals surface area contributed by atoms with Crippen LogP contribution in [0.1, 0.15) is 33.6 Å². The van der Waals surface area contributed by atoms with Crippen molar-refractivity contribution in [3.63, 3.8) is 0 Å². The molecule has 0 aliphatic carbocycles. The van der Waals surface area contributed by atoms with Crippen molar-refractivity contribution in [1.29, 1.82) is 0 Å². The molecular formula is C10H21N. The Morgan fingerprint density at radius 2 is 2.00 bits per heavy atom. The monoisotopic (exact) mass is 155 g/mol. The largest absolute Gasteiger partial charge is 0.378 e. The van der Waals surface area contributed by atoms with Gasteiger partial charge in [0.15, 0.2) is 0 Å². The van der Waals surface area contributed by atoms with E-state index in [1.807, 2.05) is 6.20 Å². The highest BCUT2D eigenvalue weighted by atomic mass is 15.1. The van der Waals surface area contributed by atoms with E-state index in [-0.39, 0.29) is 0 Å². The molecule has 11 heavy (non-hydrogen) atoms. The molecule has 0 aromatic carbocycles. The minimum Gasteiger partial charge on any atom is -0.378 e. The van der Waals surface area contributed by atoms with Crippen LogP contribution in [-0.4, -0.2) is 18.0 Å². The van der Waals surface area contributed by atoms with Gasteiger partial charge in [0.2, 0.25) is 0 Å². The summed E-state index contributed by atoms with van der Waals surface area (Å²) in [5.41, 5.74) is 0. The van der Waals surface area contributed by atoms with Crippen molar-refractivity contribution in [1.82, 2.24) is 4.90 Å². The van der Waals surface area contributed by atoms with Gasteiger partial charge in [-0.05, 0) is 18.5 Å². The van der Waals surface area contributed by atoms with Gasteiger partial charge in [-0.3, -0.25) is 0 Å². The molecule has 0 unspecified atom stereocenters. The minimum atomic E-state index is 0.664. The fourth-order valence-corrected chi connectivity index (χ4v) is 1.44. The molecule has 1 atom stereocenters. The number of hydrogen-bond acceptors (Lipinski definition) is 1. The SMILES string of the molecule is C=CN(C)[C@@H](CCC)C(C)C. The van der Waals surface area contributed by atoms with Gasteiger partial charge in [0.1, 0.15) is 0 Å². The first-order valence-corrected chi connectivity index (χ1v) is 4.48. The molecule has 0 bridgehead atoms. The first-order valence-electron chi connectivity index (χ1n) is 4.48. The van der Waals surface area contributed by atoms with E-state index in [4.69, 9.17) is 0 Å². The van der Waals surface area contributed by atoms with E-state index in [1.165, 1.54) is 12.8 Å². The molecule has 0 aliphatic rings. The maximum atomic E-state index is 3.77. The van der Waals surface area contributed by atoms with Crippen molar-refractivity contribution in [3.05, 3.63) is 12.8 Å². The van der Waals surface area contributed by atoms with Crippen molar-refractivity contribution in [2.75, 3.05) is 7.05 Å². The average molecular weight is 155 g/mol. The molecule has 0 aliphatic heterocycles. The summed E-state index contributed by atoms with van der Waals surface area (Å²) in [7, 11) is 2.10. The molecule has 0 heterocycles. The lowest BCUT2D eigenvalue weighted by atomic mass is 9.99. The van der Waals surface area contributed by atoms with Crippen LogP contribution in [0.5, 0.6) is 0 Å². The Morgan fingerprint density at radius 1 is 1.45 bits per heavy atom. The third kappa shape index (κ3) is 3.45. The number of nitrogens with zero attached hydrogens (tertiary/aromatic N) is 1. The number of rotatable bonds is 5. The summed E-state index contributed by atoms with van der Waals surface area (Å²) in [5, 5.41) is 0. The van der Waals surface area contributed by atoms with Crippen LogP contribution in [-0.2, 0) is 0 Å². The Hall–Kier alpha value is -0.460. The molecule has 0 aromatic heterocycles. The average Bonchev–Trinajstić information content (AvgIpc) is 1.98. The molecule has 0 rings (SSSR count). The van der Waals surface area contributed by atoms with Crippen LogP contribution >= 0.6 is 0 Å². The lowest BCUT2D eigenvalue weighted by Gasteiger charge is -2.29. The molecule has 0 fully saturated rings. The quantitative estimate of drug-likeness (QED) is 0.590. The van der Waals surface area contributed by atoms with E-state index in [1.54, 1.807) is 0 Å². The molecular weight excluding hydrogens is 134 g/mol. The normalized spacial score (nSPS) is 13.2. The Kier molecular flexibility index (Phi) is 5.01.